The second-order valence-electron chi connectivity index (χ2n) is 5.86. The molecule has 4 nitrogen and oxygen atoms in total. The highest BCUT2D eigenvalue weighted by Crippen LogP contribution is 2.71. The van der Waals surface area contributed by atoms with E-state index in [1.807, 2.05) is 13.8 Å². The first kappa shape index (κ1) is 8.01. The number of ether oxygens (including phenoxy) is 4. The van der Waals surface area contributed by atoms with Crippen molar-refractivity contribution in [3.8, 4) is 0 Å². The van der Waals surface area contributed by atoms with E-state index in [0.29, 0.717) is 23.7 Å². The van der Waals surface area contributed by atoms with Gasteiger partial charge >= 0.3 is 0 Å². The van der Waals surface area contributed by atoms with Crippen LogP contribution in [0.25, 0.3) is 0 Å². The van der Waals surface area contributed by atoms with E-state index in [9.17, 15) is 0 Å². The van der Waals surface area contributed by atoms with Gasteiger partial charge in [-0.2, -0.15) is 0 Å². The predicted octanol–water partition coefficient (Wildman–Crippen LogP) is 1.06. The van der Waals surface area contributed by atoms with Crippen molar-refractivity contribution in [2.75, 3.05) is 0 Å². The van der Waals surface area contributed by atoms with Crippen LogP contribution in [0.4, 0.5) is 0 Å². The SMILES string of the molecule is CC12OC3OC4OC(C)(O1)C1C4CC3C12. The molecule has 0 aromatic rings. The molecule has 0 spiro atoms. The third-order valence-electron chi connectivity index (χ3n) is 5.14. The molecular weight excluding hydrogens is 196 g/mol. The second-order valence-corrected chi connectivity index (χ2v) is 5.86. The summed E-state index contributed by atoms with van der Waals surface area (Å²) in [5.41, 5.74) is 0. The zero-order chi connectivity index (χ0) is 10.00. The van der Waals surface area contributed by atoms with E-state index in [0.717, 1.165) is 0 Å². The van der Waals surface area contributed by atoms with Crippen molar-refractivity contribution < 1.29 is 18.9 Å². The summed E-state index contributed by atoms with van der Waals surface area (Å²) in [4.78, 5) is 0. The molecule has 2 bridgehead atoms. The first-order chi connectivity index (χ1) is 7.11. The van der Waals surface area contributed by atoms with Crippen molar-refractivity contribution in [1.82, 2.24) is 0 Å². The molecule has 8 unspecified atom stereocenters. The quantitative estimate of drug-likeness (QED) is 0.599. The zero-order valence-corrected chi connectivity index (χ0v) is 8.80. The van der Waals surface area contributed by atoms with Gasteiger partial charge in [0.25, 0.3) is 0 Å². The van der Waals surface area contributed by atoms with Crippen molar-refractivity contribution >= 4 is 0 Å². The van der Waals surface area contributed by atoms with E-state index < -0.39 is 11.6 Å². The average Bonchev–Trinajstić information content (AvgIpc) is 2.70. The molecule has 4 aliphatic heterocycles. The first-order valence-electron chi connectivity index (χ1n) is 5.82. The van der Waals surface area contributed by atoms with Crippen molar-refractivity contribution in [2.45, 2.75) is 44.4 Å². The summed E-state index contributed by atoms with van der Waals surface area (Å²) >= 11 is 0. The van der Waals surface area contributed by atoms with Crippen LogP contribution in [-0.4, -0.2) is 24.2 Å². The summed E-state index contributed by atoms with van der Waals surface area (Å²) in [7, 11) is 0. The van der Waals surface area contributed by atoms with Crippen LogP contribution in [0.3, 0.4) is 0 Å². The van der Waals surface area contributed by atoms with Crippen molar-refractivity contribution in [1.29, 1.82) is 0 Å². The van der Waals surface area contributed by atoms with E-state index in [4.69, 9.17) is 18.9 Å². The standard InChI is InChI=1S/C11H14O4/c1-10-6-4-3-5-7(6)11(2,15-10)14-9(5)12-8(4)13-10/h4-9H,3H2,1-2H3. The van der Waals surface area contributed by atoms with Gasteiger partial charge in [-0.25, -0.2) is 0 Å². The Morgan fingerprint density at radius 2 is 1.47 bits per heavy atom. The summed E-state index contributed by atoms with van der Waals surface area (Å²) in [5, 5.41) is 0. The van der Waals surface area contributed by atoms with Crippen LogP contribution in [0, 0.1) is 23.7 Å². The summed E-state index contributed by atoms with van der Waals surface area (Å²) < 4.78 is 23.8. The molecule has 4 heterocycles. The Labute approximate surface area is 87.8 Å². The van der Waals surface area contributed by atoms with Crippen molar-refractivity contribution in [2.24, 2.45) is 23.7 Å². The van der Waals surface area contributed by atoms with Crippen LogP contribution < -0.4 is 0 Å². The maximum absolute atomic E-state index is 6.06. The van der Waals surface area contributed by atoms with Gasteiger partial charge in [-0.3, -0.25) is 0 Å². The molecule has 0 radical (unpaired) electrons. The topological polar surface area (TPSA) is 36.9 Å². The lowest BCUT2D eigenvalue weighted by molar-refractivity contribution is -0.403. The fourth-order valence-corrected chi connectivity index (χ4v) is 4.90. The van der Waals surface area contributed by atoms with Gasteiger partial charge in [-0.1, -0.05) is 0 Å². The van der Waals surface area contributed by atoms with Crippen molar-refractivity contribution in [3.63, 3.8) is 0 Å². The highest BCUT2D eigenvalue weighted by Gasteiger charge is 2.80. The summed E-state index contributed by atoms with van der Waals surface area (Å²) in [5.74, 6) is 1.10. The highest BCUT2D eigenvalue weighted by atomic mass is 16.9. The highest BCUT2D eigenvalue weighted by molar-refractivity contribution is 5.16. The maximum atomic E-state index is 6.06. The zero-order valence-electron chi connectivity index (χ0n) is 8.80. The number of hydrogen-bond acceptors (Lipinski definition) is 4. The smallest absolute Gasteiger partial charge is 0.175 e. The number of hydrogen-bond donors (Lipinski definition) is 0. The lowest BCUT2D eigenvalue weighted by Gasteiger charge is -2.36. The number of rotatable bonds is 0. The monoisotopic (exact) mass is 210 g/mol. The van der Waals surface area contributed by atoms with E-state index in [1.165, 1.54) is 6.42 Å². The lowest BCUT2D eigenvalue weighted by atomic mass is 9.83. The first-order valence-corrected chi connectivity index (χ1v) is 5.82. The Hall–Kier alpha value is -0.160. The van der Waals surface area contributed by atoms with Gasteiger partial charge in [-0.15, -0.1) is 0 Å². The van der Waals surface area contributed by atoms with E-state index in [-0.39, 0.29) is 12.6 Å². The van der Waals surface area contributed by atoms with Gasteiger partial charge in [0.1, 0.15) is 0 Å². The van der Waals surface area contributed by atoms with Crippen LogP contribution in [0.1, 0.15) is 20.3 Å². The molecule has 15 heavy (non-hydrogen) atoms. The van der Waals surface area contributed by atoms with Crippen LogP contribution in [0.2, 0.25) is 0 Å². The molecular formula is C11H14O4. The third-order valence-corrected chi connectivity index (χ3v) is 5.14. The van der Waals surface area contributed by atoms with Crippen LogP contribution in [0.5, 0.6) is 0 Å². The molecule has 1 saturated carbocycles. The lowest BCUT2D eigenvalue weighted by Crippen LogP contribution is -2.43. The molecule has 8 atom stereocenters. The second kappa shape index (κ2) is 1.88. The molecule has 82 valence electrons. The fraction of sp³-hybridized carbons (Fsp3) is 1.00. The summed E-state index contributed by atoms with van der Waals surface area (Å²) in [6.45, 7) is 4.09. The molecule has 4 heteroatoms. The van der Waals surface area contributed by atoms with Gasteiger partial charge in [0.15, 0.2) is 24.2 Å². The van der Waals surface area contributed by atoms with E-state index >= 15 is 0 Å². The van der Waals surface area contributed by atoms with Gasteiger partial charge in [0.2, 0.25) is 0 Å². The van der Waals surface area contributed by atoms with E-state index in [2.05, 4.69) is 0 Å². The molecule has 4 saturated heterocycles. The van der Waals surface area contributed by atoms with Crippen LogP contribution in [-0.2, 0) is 18.9 Å². The van der Waals surface area contributed by atoms with Crippen molar-refractivity contribution in [3.05, 3.63) is 0 Å². The Kier molecular flexibility index (Phi) is 1.00. The van der Waals surface area contributed by atoms with Gasteiger partial charge in [0.05, 0.1) is 0 Å². The molecule has 0 N–H and O–H groups in total. The van der Waals surface area contributed by atoms with Crippen LogP contribution >= 0.6 is 0 Å². The normalized spacial score (nSPS) is 77.2. The minimum Gasteiger partial charge on any atom is -0.323 e. The Morgan fingerprint density at radius 1 is 0.933 bits per heavy atom. The minimum atomic E-state index is -0.463. The summed E-state index contributed by atoms with van der Waals surface area (Å²) in [6.07, 6.45) is 1.02. The molecule has 5 aliphatic rings. The maximum Gasteiger partial charge on any atom is 0.175 e. The van der Waals surface area contributed by atoms with Gasteiger partial charge in [-0.05, 0) is 20.3 Å². The van der Waals surface area contributed by atoms with Crippen LogP contribution in [0.15, 0.2) is 0 Å². The molecule has 1 aliphatic carbocycles. The Balaban J connectivity index is 1.80. The minimum absolute atomic E-state index is 0.0869. The molecule has 0 aromatic carbocycles. The van der Waals surface area contributed by atoms with Gasteiger partial charge < -0.3 is 18.9 Å². The molecule has 0 aromatic heterocycles. The predicted molar refractivity (Wildman–Crippen MR) is 47.3 cm³/mol. The van der Waals surface area contributed by atoms with E-state index in [1.54, 1.807) is 0 Å². The Bertz CT molecular complexity index is 340. The molecule has 5 rings (SSSR count). The largest absolute Gasteiger partial charge is 0.323 e. The Morgan fingerprint density at radius 3 is 2.00 bits per heavy atom. The molecule has 0 amide bonds. The average molecular weight is 210 g/mol. The molecule has 5 fully saturated rings. The fourth-order valence-electron chi connectivity index (χ4n) is 4.90. The van der Waals surface area contributed by atoms with Gasteiger partial charge in [0, 0.05) is 23.7 Å². The third kappa shape index (κ3) is 0.622. The summed E-state index contributed by atoms with van der Waals surface area (Å²) in [6, 6.07) is 0.